The second-order valence-corrected chi connectivity index (χ2v) is 14.2. The molecule has 3 aromatic rings. The molecule has 0 saturated carbocycles. The molecule has 0 radical (unpaired) electrons. The number of aliphatic imine (C=N–C) groups is 2. The largest absolute Gasteiger partial charge is 0.399 e. The third-order valence-electron chi connectivity index (χ3n) is 10.1. The molecule has 3 aliphatic rings. The van der Waals surface area contributed by atoms with Gasteiger partial charge in [0.05, 0.1) is 34.5 Å². The van der Waals surface area contributed by atoms with E-state index in [-0.39, 0.29) is 6.04 Å². The van der Waals surface area contributed by atoms with Gasteiger partial charge in [-0.1, -0.05) is 50.5 Å². The molecule has 2 aliphatic carbocycles. The maximum Gasteiger partial charge on any atom is 0.0969 e. The summed E-state index contributed by atoms with van der Waals surface area (Å²) in [5.74, 6) is 0. The van der Waals surface area contributed by atoms with E-state index in [1.807, 2.05) is 26.0 Å². The van der Waals surface area contributed by atoms with Crippen LogP contribution in [0.5, 0.6) is 0 Å². The van der Waals surface area contributed by atoms with E-state index in [0.717, 1.165) is 93.8 Å². The van der Waals surface area contributed by atoms with E-state index in [1.165, 1.54) is 48.2 Å². The summed E-state index contributed by atoms with van der Waals surface area (Å²) in [4.78, 5) is 12.4. The average Bonchev–Trinajstić information content (AvgIpc) is 3.10. The van der Waals surface area contributed by atoms with Crippen LogP contribution in [0.25, 0.3) is 0 Å². The normalized spacial score (nSPS) is 17.5. The lowest BCUT2D eigenvalue weighted by atomic mass is 9.94. The molecule has 7 nitrogen and oxygen atoms in total. The Labute approximate surface area is 304 Å². The minimum atomic E-state index is -0.0308. The van der Waals surface area contributed by atoms with Crippen LogP contribution >= 0.6 is 0 Å². The number of aryl methyl sites for hydroxylation is 3. The zero-order chi connectivity index (χ0) is 36.1. The number of nitrogens with zero attached hydrogens (tertiary/aromatic N) is 3. The van der Waals surface area contributed by atoms with Crippen molar-refractivity contribution in [1.82, 2.24) is 0 Å². The van der Waals surface area contributed by atoms with Crippen LogP contribution in [0.15, 0.2) is 124 Å². The highest BCUT2D eigenvalue weighted by Crippen LogP contribution is 2.44. The molecule has 1 aliphatic heterocycles. The van der Waals surface area contributed by atoms with Gasteiger partial charge in [-0.15, -0.1) is 0 Å². The molecule has 3 aromatic carbocycles. The molecule has 6 rings (SSSR count). The highest BCUT2D eigenvalue weighted by molar-refractivity contribution is 6.13. The van der Waals surface area contributed by atoms with E-state index in [0.29, 0.717) is 0 Å². The summed E-state index contributed by atoms with van der Waals surface area (Å²) in [6, 6.07) is 19.4. The Morgan fingerprint density at radius 2 is 1.35 bits per heavy atom. The molecule has 7 heteroatoms. The summed E-state index contributed by atoms with van der Waals surface area (Å²) >= 11 is 0. The van der Waals surface area contributed by atoms with Gasteiger partial charge >= 0.3 is 0 Å². The molecular formula is C44H53N7. The van der Waals surface area contributed by atoms with Crippen molar-refractivity contribution in [1.29, 1.82) is 0 Å². The first-order valence-corrected chi connectivity index (χ1v) is 18.4. The molecule has 6 N–H and O–H groups in total. The van der Waals surface area contributed by atoms with Gasteiger partial charge in [-0.05, 0) is 142 Å². The van der Waals surface area contributed by atoms with Gasteiger partial charge in [0.25, 0.3) is 0 Å². The first-order chi connectivity index (χ1) is 24.6. The van der Waals surface area contributed by atoms with E-state index in [1.54, 1.807) is 0 Å². The van der Waals surface area contributed by atoms with Gasteiger partial charge < -0.3 is 27.0 Å². The fraction of sp³-hybridized carbons (Fsp3) is 0.318. The zero-order valence-corrected chi connectivity index (χ0v) is 30.9. The fourth-order valence-electron chi connectivity index (χ4n) is 6.92. The Hall–Kier alpha value is -5.30. The van der Waals surface area contributed by atoms with Crippen LogP contribution in [0.2, 0.25) is 0 Å². The number of fused-ring (bicyclic) bond motifs is 2. The lowest BCUT2D eigenvalue weighted by Gasteiger charge is -2.38. The Bertz CT molecular complexity index is 1990. The molecule has 1 unspecified atom stereocenters. The number of anilines is 4. The second-order valence-electron chi connectivity index (χ2n) is 14.2. The van der Waals surface area contributed by atoms with Crippen LogP contribution in [0.4, 0.5) is 34.1 Å². The van der Waals surface area contributed by atoms with E-state index >= 15 is 0 Å². The number of nitrogens with two attached hydrogens (primary N) is 2. The zero-order valence-electron chi connectivity index (χ0n) is 30.9. The topological polar surface area (TPSA) is 104 Å². The first-order valence-electron chi connectivity index (χ1n) is 18.4. The summed E-state index contributed by atoms with van der Waals surface area (Å²) < 4.78 is 0. The third kappa shape index (κ3) is 8.20. The molecule has 0 fully saturated rings. The van der Waals surface area contributed by atoms with Gasteiger partial charge in [0.1, 0.15) is 0 Å². The molecule has 0 amide bonds. The van der Waals surface area contributed by atoms with Crippen LogP contribution in [0.3, 0.4) is 0 Å². The Morgan fingerprint density at radius 1 is 0.725 bits per heavy atom. The number of rotatable bonds is 13. The average molecular weight is 680 g/mol. The highest BCUT2D eigenvalue weighted by Gasteiger charge is 2.32. The lowest BCUT2D eigenvalue weighted by Crippen LogP contribution is -2.40. The predicted octanol–water partition coefficient (Wildman–Crippen LogP) is 10.3. The van der Waals surface area contributed by atoms with E-state index in [2.05, 4.69) is 110 Å². The standard InChI is InChI=1S/C44H53N7/c1-28-21-39(30(3)20-35(28)45)49-40-24-31(4)37(23-33(40)6)47-18-14-9-7-8-10-15-19-48-38-27-44-42(25-32(38)5)50-41-22-29(2)36(46)26-43(41)51(44)34-16-12-11-13-17-34/h11-13,16-17,20-27,43,47-48H,3,7-10,14-15,18-19,45-46H2,1-2,4-6H3/b49-39-. The van der Waals surface area contributed by atoms with Crippen molar-refractivity contribution in [2.24, 2.45) is 21.5 Å². The Morgan fingerprint density at radius 3 is 2.06 bits per heavy atom. The molecular weight excluding hydrogens is 627 g/mol. The Kier molecular flexibility index (Phi) is 10.9. The van der Waals surface area contributed by atoms with Crippen LogP contribution in [0.1, 0.15) is 69.1 Å². The molecule has 0 spiro atoms. The van der Waals surface area contributed by atoms with Crippen molar-refractivity contribution in [3.05, 3.63) is 130 Å². The quantitative estimate of drug-likeness (QED) is 0.135. The van der Waals surface area contributed by atoms with Gasteiger partial charge in [-0.3, -0.25) is 0 Å². The number of para-hydroxylation sites is 1. The van der Waals surface area contributed by atoms with Gasteiger partial charge in [-0.25, -0.2) is 9.98 Å². The summed E-state index contributed by atoms with van der Waals surface area (Å²) in [5.41, 5.74) is 28.9. The second kappa shape index (κ2) is 15.7. The smallest absolute Gasteiger partial charge is 0.0969 e. The summed E-state index contributed by atoms with van der Waals surface area (Å²) in [6.07, 6.45) is 15.4. The summed E-state index contributed by atoms with van der Waals surface area (Å²) in [5, 5.41) is 7.39. The van der Waals surface area contributed by atoms with Crippen LogP contribution in [0, 0.1) is 20.8 Å². The van der Waals surface area contributed by atoms with Gasteiger partial charge in [0.2, 0.25) is 0 Å². The van der Waals surface area contributed by atoms with Crippen molar-refractivity contribution in [2.45, 2.75) is 79.2 Å². The molecule has 51 heavy (non-hydrogen) atoms. The SMILES string of the molecule is C=C1C=C(N)C(C)=C/C1=N/c1cc(C)c(NCCCCCCCCNc2cc3c(cc2C)N=C2C=C(C)C(N)=CC2N3c2ccccc2)cc1C. The number of unbranched alkanes of at least 4 members (excludes halogenated alkanes) is 5. The van der Waals surface area contributed by atoms with Crippen molar-refractivity contribution in [3.8, 4) is 0 Å². The van der Waals surface area contributed by atoms with Crippen molar-refractivity contribution < 1.29 is 0 Å². The monoisotopic (exact) mass is 679 g/mol. The van der Waals surface area contributed by atoms with Crippen LogP contribution in [-0.4, -0.2) is 30.6 Å². The van der Waals surface area contributed by atoms with E-state index in [4.69, 9.17) is 21.5 Å². The maximum atomic E-state index is 6.40. The summed E-state index contributed by atoms with van der Waals surface area (Å²) in [6.45, 7) is 16.5. The molecule has 1 heterocycles. The molecule has 1 atom stereocenters. The van der Waals surface area contributed by atoms with Crippen molar-refractivity contribution in [2.75, 3.05) is 28.6 Å². The summed E-state index contributed by atoms with van der Waals surface area (Å²) in [7, 11) is 0. The number of hydrogen-bond acceptors (Lipinski definition) is 7. The molecule has 264 valence electrons. The van der Waals surface area contributed by atoms with Crippen molar-refractivity contribution in [3.63, 3.8) is 0 Å². The van der Waals surface area contributed by atoms with Crippen LogP contribution in [-0.2, 0) is 0 Å². The van der Waals surface area contributed by atoms with Gasteiger partial charge in [-0.2, -0.15) is 0 Å². The van der Waals surface area contributed by atoms with Crippen molar-refractivity contribution >= 4 is 45.5 Å². The third-order valence-corrected chi connectivity index (χ3v) is 10.1. The van der Waals surface area contributed by atoms with Crippen LogP contribution < -0.4 is 27.0 Å². The number of hydrogen-bond donors (Lipinski definition) is 4. The first kappa shape index (κ1) is 35.5. The predicted molar refractivity (Wildman–Crippen MR) is 220 cm³/mol. The molecule has 0 bridgehead atoms. The fourth-order valence-corrected chi connectivity index (χ4v) is 6.92. The number of nitrogens with one attached hydrogen (secondary N) is 2. The molecule has 0 saturated heterocycles. The minimum Gasteiger partial charge on any atom is -0.399 e. The lowest BCUT2D eigenvalue weighted by molar-refractivity contribution is 0.610. The maximum absolute atomic E-state index is 6.40. The molecule has 0 aromatic heterocycles. The minimum absolute atomic E-state index is 0.0308. The number of benzene rings is 3. The Balaban J connectivity index is 0.953. The van der Waals surface area contributed by atoms with Gasteiger partial charge in [0.15, 0.2) is 0 Å². The highest BCUT2D eigenvalue weighted by atomic mass is 15.2. The van der Waals surface area contributed by atoms with E-state index < -0.39 is 0 Å². The van der Waals surface area contributed by atoms with E-state index in [9.17, 15) is 0 Å². The number of allylic oxidation sites excluding steroid dienone is 5. The van der Waals surface area contributed by atoms with Gasteiger partial charge in [0, 0.05) is 41.5 Å².